The highest BCUT2D eigenvalue weighted by Gasteiger charge is 2.15. The molecule has 0 aliphatic carbocycles. The van der Waals surface area contributed by atoms with Crippen LogP contribution in [0.1, 0.15) is 23.0 Å². The molecule has 1 aromatic heterocycles. The number of nitrogens with two attached hydrogens (primary N) is 1. The minimum Gasteiger partial charge on any atom is -0.444 e. The third-order valence-corrected chi connectivity index (χ3v) is 4.19. The number of nitrogens with zero attached hydrogens (tertiary/aromatic N) is 1. The fourth-order valence-corrected chi connectivity index (χ4v) is 2.34. The molecule has 0 bridgehead atoms. The number of hydrogen-bond donors (Lipinski definition) is 2. The molecular weight excluding hydrogens is 374 g/mol. The van der Waals surface area contributed by atoms with E-state index in [1.165, 1.54) is 0 Å². The molecule has 2 rings (SSSR count). The predicted molar refractivity (Wildman–Crippen MR) is 95.8 cm³/mol. The van der Waals surface area contributed by atoms with Crippen LogP contribution in [-0.2, 0) is 11.2 Å². The van der Waals surface area contributed by atoms with E-state index in [2.05, 4.69) is 21.2 Å². The quantitative estimate of drug-likeness (QED) is 0.789. The number of rotatable bonds is 6. The van der Waals surface area contributed by atoms with Crippen molar-refractivity contribution in [3.05, 3.63) is 52.4 Å². The average Bonchev–Trinajstić information content (AvgIpc) is 3.01. The minimum absolute atomic E-state index is 0.00341. The van der Waals surface area contributed by atoms with Crippen molar-refractivity contribution >= 4 is 33.4 Å². The molecule has 7 heteroatoms. The molecule has 0 fully saturated rings. The molecule has 24 heavy (non-hydrogen) atoms. The lowest BCUT2D eigenvalue weighted by Gasteiger charge is -2.23. The number of anilines is 1. The van der Waals surface area contributed by atoms with Gasteiger partial charge < -0.3 is 20.4 Å². The zero-order valence-corrected chi connectivity index (χ0v) is 15.2. The van der Waals surface area contributed by atoms with Crippen molar-refractivity contribution in [2.75, 3.05) is 18.9 Å². The summed E-state index contributed by atoms with van der Waals surface area (Å²) in [6.45, 7) is 2.33. The van der Waals surface area contributed by atoms with E-state index < -0.39 is 0 Å². The van der Waals surface area contributed by atoms with Gasteiger partial charge in [-0.2, -0.15) is 0 Å². The molecule has 0 saturated carbocycles. The first-order valence-corrected chi connectivity index (χ1v) is 8.31. The van der Waals surface area contributed by atoms with Crippen LogP contribution in [0, 0.1) is 0 Å². The van der Waals surface area contributed by atoms with Crippen LogP contribution < -0.4 is 11.1 Å². The maximum Gasteiger partial charge on any atom is 0.291 e. The van der Waals surface area contributed by atoms with Gasteiger partial charge in [0.25, 0.3) is 5.91 Å². The number of carbonyl (C=O) groups excluding carboxylic acids is 2. The first-order chi connectivity index (χ1) is 11.4. The van der Waals surface area contributed by atoms with E-state index in [0.717, 1.165) is 5.56 Å². The van der Waals surface area contributed by atoms with Crippen molar-refractivity contribution in [3.8, 4) is 0 Å². The van der Waals surface area contributed by atoms with Gasteiger partial charge in [0.05, 0.1) is 6.42 Å². The smallest absolute Gasteiger partial charge is 0.291 e. The van der Waals surface area contributed by atoms with E-state index in [-0.39, 0.29) is 23.6 Å². The lowest BCUT2D eigenvalue weighted by molar-refractivity contribution is -0.130. The second kappa shape index (κ2) is 8.12. The predicted octanol–water partition coefficient (Wildman–Crippen LogP) is 2.64. The molecule has 0 radical (unpaired) electrons. The summed E-state index contributed by atoms with van der Waals surface area (Å²) in [5.41, 5.74) is 7.08. The average molecular weight is 394 g/mol. The summed E-state index contributed by atoms with van der Waals surface area (Å²) >= 11 is 3.15. The molecule has 128 valence electrons. The van der Waals surface area contributed by atoms with E-state index in [4.69, 9.17) is 10.2 Å². The van der Waals surface area contributed by atoms with Crippen molar-refractivity contribution in [1.82, 2.24) is 4.90 Å². The Morgan fingerprint density at radius 3 is 2.46 bits per heavy atom. The molecule has 2 aromatic rings. The van der Waals surface area contributed by atoms with Crippen LogP contribution in [0.3, 0.4) is 0 Å². The maximum absolute atomic E-state index is 12.1. The SMILES string of the molecule is CC(CN)N(C)C(=O)Cc1ccc(NC(=O)c2ccc(Br)o2)cc1. The van der Waals surface area contributed by atoms with Crippen LogP contribution in [0.4, 0.5) is 5.69 Å². The Hall–Kier alpha value is -2.12. The van der Waals surface area contributed by atoms with E-state index in [1.54, 1.807) is 36.2 Å². The maximum atomic E-state index is 12.1. The van der Waals surface area contributed by atoms with Crippen molar-refractivity contribution in [2.45, 2.75) is 19.4 Å². The van der Waals surface area contributed by atoms with Crippen LogP contribution in [0.15, 0.2) is 45.5 Å². The molecule has 6 nitrogen and oxygen atoms in total. The minimum atomic E-state index is -0.332. The van der Waals surface area contributed by atoms with E-state index >= 15 is 0 Å². The number of carbonyl (C=O) groups is 2. The Labute approximate surface area is 149 Å². The molecule has 0 aliphatic rings. The highest BCUT2D eigenvalue weighted by atomic mass is 79.9. The van der Waals surface area contributed by atoms with Gasteiger partial charge in [0, 0.05) is 25.3 Å². The number of halogens is 1. The summed E-state index contributed by atoms with van der Waals surface area (Å²) in [6, 6.07) is 10.4. The fourth-order valence-electron chi connectivity index (χ4n) is 2.04. The third kappa shape index (κ3) is 4.69. The van der Waals surface area contributed by atoms with Gasteiger partial charge in [-0.15, -0.1) is 0 Å². The summed E-state index contributed by atoms with van der Waals surface area (Å²) in [5, 5.41) is 2.74. The lowest BCUT2D eigenvalue weighted by Crippen LogP contribution is -2.40. The van der Waals surface area contributed by atoms with Crippen molar-refractivity contribution in [2.24, 2.45) is 5.73 Å². The largest absolute Gasteiger partial charge is 0.444 e. The van der Waals surface area contributed by atoms with Crippen LogP contribution >= 0.6 is 15.9 Å². The van der Waals surface area contributed by atoms with Crippen molar-refractivity contribution < 1.29 is 14.0 Å². The number of likely N-dealkylation sites (N-methyl/N-ethyl adjacent to an activating group) is 1. The normalized spacial score (nSPS) is 11.8. The van der Waals surface area contributed by atoms with Crippen molar-refractivity contribution in [3.63, 3.8) is 0 Å². The first-order valence-electron chi connectivity index (χ1n) is 7.52. The zero-order chi connectivity index (χ0) is 17.7. The molecule has 1 heterocycles. The van der Waals surface area contributed by atoms with Gasteiger partial charge in [-0.25, -0.2) is 0 Å². The topological polar surface area (TPSA) is 88.6 Å². The highest BCUT2D eigenvalue weighted by molar-refractivity contribution is 9.10. The Kier molecular flexibility index (Phi) is 6.16. The van der Waals surface area contributed by atoms with Crippen LogP contribution in [-0.4, -0.2) is 36.3 Å². The standard InChI is InChI=1S/C17H20BrN3O3/c1-11(10-19)21(2)16(22)9-12-3-5-13(6-4-12)20-17(23)14-7-8-15(18)24-14/h3-8,11H,9-10,19H2,1-2H3,(H,20,23). The van der Waals surface area contributed by atoms with Crippen LogP contribution in [0.2, 0.25) is 0 Å². The molecular formula is C17H20BrN3O3. The first kappa shape index (κ1) is 18.2. The van der Waals surface area contributed by atoms with E-state index in [1.807, 2.05) is 19.1 Å². The van der Waals surface area contributed by atoms with Gasteiger partial charge >= 0.3 is 0 Å². The molecule has 1 aromatic carbocycles. The highest BCUT2D eigenvalue weighted by Crippen LogP contribution is 2.17. The Morgan fingerprint density at radius 1 is 1.25 bits per heavy atom. The monoisotopic (exact) mass is 393 g/mol. The Morgan fingerprint density at radius 2 is 1.92 bits per heavy atom. The second-order valence-corrected chi connectivity index (χ2v) is 6.30. The van der Waals surface area contributed by atoms with Gasteiger partial charge in [-0.3, -0.25) is 9.59 Å². The Balaban J connectivity index is 1.95. The zero-order valence-electron chi connectivity index (χ0n) is 13.6. The molecule has 3 N–H and O–H groups in total. The van der Waals surface area contributed by atoms with E-state index in [0.29, 0.717) is 23.3 Å². The summed E-state index contributed by atoms with van der Waals surface area (Å²) in [7, 11) is 1.75. The number of hydrogen-bond acceptors (Lipinski definition) is 4. The molecule has 0 aliphatic heterocycles. The van der Waals surface area contributed by atoms with Gasteiger partial charge in [0.2, 0.25) is 5.91 Å². The van der Waals surface area contributed by atoms with Crippen LogP contribution in [0.5, 0.6) is 0 Å². The van der Waals surface area contributed by atoms with Crippen LogP contribution in [0.25, 0.3) is 0 Å². The number of amides is 2. The van der Waals surface area contributed by atoms with Gasteiger partial charge in [-0.05, 0) is 52.7 Å². The lowest BCUT2D eigenvalue weighted by atomic mass is 10.1. The molecule has 1 atom stereocenters. The van der Waals surface area contributed by atoms with Crippen molar-refractivity contribution in [1.29, 1.82) is 0 Å². The summed E-state index contributed by atoms with van der Waals surface area (Å²) in [4.78, 5) is 25.8. The van der Waals surface area contributed by atoms with Gasteiger partial charge in [-0.1, -0.05) is 12.1 Å². The number of nitrogens with one attached hydrogen (secondary N) is 1. The van der Waals surface area contributed by atoms with E-state index in [9.17, 15) is 9.59 Å². The second-order valence-electron chi connectivity index (χ2n) is 5.52. The van der Waals surface area contributed by atoms with Gasteiger partial charge in [0.15, 0.2) is 10.4 Å². The number of furan rings is 1. The summed E-state index contributed by atoms with van der Waals surface area (Å²) < 4.78 is 5.69. The molecule has 1 unspecified atom stereocenters. The molecule has 2 amide bonds. The fraction of sp³-hybridized carbons (Fsp3) is 0.294. The molecule has 0 spiro atoms. The third-order valence-electron chi connectivity index (χ3n) is 3.76. The summed E-state index contributed by atoms with van der Waals surface area (Å²) in [6.07, 6.45) is 0.292. The number of benzene rings is 1. The molecule has 0 saturated heterocycles. The van der Waals surface area contributed by atoms with Gasteiger partial charge in [0.1, 0.15) is 0 Å². The summed E-state index contributed by atoms with van der Waals surface area (Å²) in [5.74, 6) is -0.107. The Bertz CT molecular complexity index is 712.